The molecule has 2 aliphatic carbocycles. The van der Waals surface area contributed by atoms with Gasteiger partial charge in [-0.05, 0) is 55.3 Å². The van der Waals surface area contributed by atoms with Crippen LogP contribution in [0.25, 0.3) is 0 Å². The van der Waals surface area contributed by atoms with Gasteiger partial charge in [-0.3, -0.25) is 0 Å². The van der Waals surface area contributed by atoms with Crippen molar-refractivity contribution in [3.05, 3.63) is 11.6 Å². The first kappa shape index (κ1) is 12.2. The molecular weight excluding hydrogens is 192 g/mol. The lowest BCUT2D eigenvalue weighted by Gasteiger charge is -2.57. The highest BCUT2D eigenvalue weighted by molar-refractivity contribution is 5.20. The van der Waals surface area contributed by atoms with Crippen molar-refractivity contribution >= 4 is 0 Å². The van der Waals surface area contributed by atoms with Gasteiger partial charge >= 0.3 is 0 Å². The molecule has 4 atom stereocenters. The van der Waals surface area contributed by atoms with Crippen molar-refractivity contribution < 1.29 is 0 Å². The van der Waals surface area contributed by atoms with Gasteiger partial charge in [0.1, 0.15) is 0 Å². The van der Waals surface area contributed by atoms with Crippen LogP contribution in [-0.4, -0.2) is 0 Å². The van der Waals surface area contributed by atoms with Gasteiger partial charge in [0.05, 0.1) is 0 Å². The molecule has 0 spiro atoms. The summed E-state index contributed by atoms with van der Waals surface area (Å²) in [6.45, 7) is 12.3. The molecule has 0 radical (unpaired) electrons. The zero-order chi connectivity index (χ0) is 12.0. The van der Waals surface area contributed by atoms with E-state index in [9.17, 15) is 0 Å². The van der Waals surface area contributed by atoms with Gasteiger partial charge in [0.15, 0.2) is 0 Å². The van der Waals surface area contributed by atoms with Gasteiger partial charge in [0.2, 0.25) is 0 Å². The summed E-state index contributed by atoms with van der Waals surface area (Å²) in [6, 6.07) is 0. The summed E-state index contributed by atoms with van der Waals surface area (Å²) in [7, 11) is 0. The summed E-state index contributed by atoms with van der Waals surface area (Å²) in [5.74, 6) is 1.82. The first-order chi connectivity index (χ1) is 7.45. The van der Waals surface area contributed by atoms with E-state index in [-0.39, 0.29) is 0 Å². The monoisotopic (exact) mass is 220 g/mol. The summed E-state index contributed by atoms with van der Waals surface area (Å²) in [5, 5.41) is 0. The normalized spacial score (nSPS) is 48.4. The minimum Gasteiger partial charge on any atom is -0.0850 e. The molecule has 0 heterocycles. The van der Waals surface area contributed by atoms with Crippen molar-refractivity contribution in [3.63, 3.8) is 0 Å². The van der Waals surface area contributed by atoms with Crippen LogP contribution in [0.2, 0.25) is 0 Å². The molecule has 2 rings (SSSR count). The number of hydrogen-bond donors (Lipinski definition) is 0. The minimum atomic E-state index is 0.509. The Morgan fingerprint density at radius 3 is 2.62 bits per heavy atom. The smallest absolute Gasteiger partial charge is 0.00854 e. The second kappa shape index (κ2) is 3.89. The predicted octanol–water partition coefficient (Wildman–Crippen LogP) is 5.20. The molecule has 0 aromatic rings. The fourth-order valence-corrected chi connectivity index (χ4v) is 4.51. The Hall–Kier alpha value is -0.260. The first-order valence-electron chi connectivity index (χ1n) is 7.12. The molecular formula is C16H28. The maximum atomic E-state index is 2.55. The van der Waals surface area contributed by atoms with Crippen LogP contribution in [0, 0.1) is 22.7 Å². The third kappa shape index (κ3) is 1.49. The van der Waals surface area contributed by atoms with Crippen molar-refractivity contribution in [2.45, 2.75) is 66.7 Å². The van der Waals surface area contributed by atoms with E-state index in [1.165, 1.54) is 32.1 Å². The molecule has 0 amide bonds. The van der Waals surface area contributed by atoms with E-state index in [0.29, 0.717) is 10.8 Å². The molecule has 0 aromatic heterocycles. The largest absolute Gasteiger partial charge is 0.0850 e. The van der Waals surface area contributed by atoms with Gasteiger partial charge < -0.3 is 0 Å². The fourth-order valence-electron chi connectivity index (χ4n) is 4.51. The van der Waals surface area contributed by atoms with Crippen molar-refractivity contribution in [1.29, 1.82) is 0 Å². The summed E-state index contributed by atoms with van der Waals surface area (Å²) >= 11 is 0. The van der Waals surface area contributed by atoms with Crippen LogP contribution in [-0.2, 0) is 0 Å². The predicted molar refractivity (Wildman–Crippen MR) is 71.4 cm³/mol. The van der Waals surface area contributed by atoms with Crippen LogP contribution in [0.5, 0.6) is 0 Å². The van der Waals surface area contributed by atoms with Crippen LogP contribution in [0.4, 0.5) is 0 Å². The van der Waals surface area contributed by atoms with E-state index in [1.54, 1.807) is 5.57 Å². The van der Waals surface area contributed by atoms with E-state index >= 15 is 0 Å². The van der Waals surface area contributed by atoms with Crippen molar-refractivity contribution in [1.82, 2.24) is 0 Å². The molecule has 16 heavy (non-hydrogen) atoms. The number of hydrogen-bond acceptors (Lipinski definition) is 0. The van der Waals surface area contributed by atoms with Crippen LogP contribution in [0.3, 0.4) is 0 Å². The molecule has 1 saturated carbocycles. The Balaban J connectivity index is 2.40. The Kier molecular flexibility index (Phi) is 2.97. The molecule has 0 nitrogen and oxygen atoms in total. The van der Waals surface area contributed by atoms with E-state index in [1.807, 2.05) is 0 Å². The van der Waals surface area contributed by atoms with Crippen LogP contribution in [0.15, 0.2) is 11.6 Å². The molecule has 0 aliphatic heterocycles. The Morgan fingerprint density at radius 2 is 2.00 bits per heavy atom. The number of rotatable bonds is 1. The second-order valence-corrected chi connectivity index (χ2v) is 6.73. The zero-order valence-corrected chi connectivity index (χ0v) is 11.8. The van der Waals surface area contributed by atoms with E-state index in [0.717, 1.165) is 11.8 Å². The lowest BCUT2D eigenvalue weighted by molar-refractivity contribution is -0.0437. The molecule has 1 fully saturated rings. The third-order valence-corrected chi connectivity index (χ3v) is 6.36. The highest BCUT2D eigenvalue weighted by atomic mass is 14.6. The maximum absolute atomic E-state index is 2.55. The SMILES string of the molecule is CC[C@]1(C)[C@@H](C)CC[C@@]2(C)C(C)=CCC[C@@H]12. The van der Waals surface area contributed by atoms with E-state index in [2.05, 4.69) is 40.7 Å². The molecule has 2 aliphatic rings. The number of allylic oxidation sites excluding steroid dienone is 2. The molecule has 0 N–H and O–H groups in total. The topological polar surface area (TPSA) is 0 Å². The molecule has 0 heteroatoms. The quantitative estimate of drug-likeness (QED) is 0.533. The van der Waals surface area contributed by atoms with Crippen molar-refractivity contribution in [2.24, 2.45) is 22.7 Å². The third-order valence-electron chi connectivity index (χ3n) is 6.36. The molecule has 0 bridgehead atoms. The van der Waals surface area contributed by atoms with Gasteiger partial charge in [0, 0.05) is 0 Å². The molecule has 0 saturated heterocycles. The van der Waals surface area contributed by atoms with Crippen molar-refractivity contribution in [2.75, 3.05) is 0 Å². The average molecular weight is 220 g/mol. The van der Waals surface area contributed by atoms with E-state index < -0.39 is 0 Å². The minimum absolute atomic E-state index is 0.509. The van der Waals surface area contributed by atoms with Crippen LogP contribution < -0.4 is 0 Å². The van der Waals surface area contributed by atoms with Gasteiger partial charge in [-0.25, -0.2) is 0 Å². The summed E-state index contributed by atoms with van der Waals surface area (Å²) in [5.41, 5.74) is 2.76. The maximum Gasteiger partial charge on any atom is -0.00854 e. The molecule has 0 aromatic carbocycles. The van der Waals surface area contributed by atoms with Crippen LogP contribution >= 0.6 is 0 Å². The zero-order valence-electron chi connectivity index (χ0n) is 11.8. The molecule has 0 unspecified atom stereocenters. The Labute approximate surface area is 102 Å². The Morgan fingerprint density at radius 1 is 1.31 bits per heavy atom. The lowest BCUT2D eigenvalue weighted by atomic mass is 9.47. The van der Waals surface area contributed by atoms with Gasteiger partial charge in [-0.2, -0.15) is 0 Å². The average Bonchev–Trinajstić information content (AvgIpc) is 2.27. The van der Waals surface area contributed by atoms with Gasteiger partial charge in [-0.1, -0.05) is 45.8 Å². The standard InChI is InChI=1S/C16H28/c1-6-15(4)13(3)10-11-16(5)12(2)8-7-9-14(15)16/h8,13-14H,6-7,9-11H2,1-5H3/t13-,14-,15+,16-/m0/s1. The Bertz CT molecular complexity index is 301. The van der Waals surface area contributed by atoms with Crippen molar-refractivity contribution in [3.8, 4) is 0 Å². The molecule has 92 valence electrons. The lowest BCUT2D eigenvalue weighted by Crippen LogP contribution is -2.49. The fraction of sp³-hybridized carbons (Fsp3) is 0.875. The second-order valence-electron chi connectivity index (χ2n) is 6.73. The summed E-state index contributed by atoms with van der Waals surface area (Å²) in [4.78, 5) is 0. The highest BCUT2D eigenvalue weighted by Crippen LogP contribution is 2.61. The summed E-state index contributed by atoms with van der Waals surface area (Å²) in [6.07, 6.45) is 9.42. The summed E-state index contributed by atoms with van der Waals surface area (Å²) < 4.78 is 0. The number of fused-ring (bicyclic) bond motifs is 1. The highest BCUT2D eigenvalue weighted by Gasteiger charge is 2.52. The van der Waals surface area contributed by atoms with Gasteiger partial charge in [-0.15, -0.1) is 0 Å². The van der Waals surface area contributed by atoms with E-state index in [4.69, 9.17) is 0 Å². The van der Waals surface area contributed by atoms with Gasteiger partial charge in [0.25, 0.3) is 0 Å². The van der Waals surface area contributed by atoms with Crippen LogP contribution in [0.1, 0.15) is 66.7 Å². The first-order valence-corrected chi connectivity index (χ1v) is 7.12.